The van der Waals surface area contributed by atoms with Crippen LogP contribution in [0.4, 0.5) is 0 Å². The van der Waals surface area contributed by atoms with Crippen molar-refractivity contribution >= 4 is 24.3 Å². The molecule has 0 aromatic carbocycles. The number of aromatic nitrogens is 2. The molecule has 2 rings (SSSR count). The van der Waals surface area contributed by atoms with Gasteiger partial charge in [0.25, 0.3) is 0 Å². The zero-order chi connectivity index (χ0) is 17.6. The van der Waals surface area contributed by atoms with Crippen molar-refractivity contribution in [2.24, 2.45) is 0 Å². The molecule has 0 radical (unpaired) electrons. The molecule has 0 fully saturated rings. The van der Waals surface area contributed by atoms with Crippen LogP contribution >= 0.6 is 0 Å². The van der Waals surface area contributed by atoms with Crippen molar-refractivity contribution in [3.63, 3.8) is 0 Å². The first-order valence-electron chi connectivity index (χ1n) is 8.73. The molecule has 4 heteroatoms. The number of aromatic amines is 1. The molecule has 23 heavy (non-hydrogen) atoms. The molecule has 0 unspecified atom stereocenters. The number of H-pyrrole nitrogens is 1. The molecule has 3 nitrogen and oxygen atoms in total. The Kier molecular flexibility index (Phi) is 4.80. The van der Waals surface area contributed by atoms with E-state index in [1.807, 2.05) is 26.2 Å². The van der Waals surface area contributed by atoms with Crippen molar-refractivity contribution in [2.45, 2.75) is 77.6 Å². The number of nitrogens with one attached hydrogen (secondary N) is 1. The van der Waals surface area contributed by atoms with Gasteiger partial charge in [-0.25, -0.2) is 4.98 Å². The molecule has 2 aromatic heterocycles. The summed E-state index contributed by atoms with van der Waals surface area (Å²) in [6, 6.07) is 2.14. The topological polar surface area (TPSA) is 48.9 Å². The summed E-state index contributed by atoms with van der Waals surface area (Å²) in [5.41, 5.74) is 2.82. The minimum absolute atomic E-state index is 0.587. The standard InChI is InChI=1S/C19H32N2OSi/c1-12(2)23(13(3)4,14(5)6)17-15-9-10-20-18(15)21-11-16(17)19(7,8)22/h9-14,22H,1-8H3,(H,20,21). The van der Waals surface area contributed by atoms with Crippen molar-refractivity contribution in [3.8, 4) is 0 Å². The highest BCUT2D eigenvalue weighted by Gasteiger charge is 2.48. The van der Waals surface area contributed by atoms with Crippen LogP contribution in [0.2, 0.25) is 16.6 Å². The summed E-state index contributed by atoms with van der Waals surface area (Å²) in [6.07, 6.45) is 3.86. The van der Waals surface area contributed by atoms with E-state index in [1.165, 1.54) is 10.6 Å². The van der Waals surface area contributed by atoms with Crippen molar-refractivity contribution in [3.05, 3.63) is 24.0 Å². The van der Waals surface area contributed by atoms with Crippen LogP contribution in [0, 0.1) is 0 Å². The fourth-order valence-electron chi connectivity index (χ4n) is 4.80. The first-order valence-corrected chi connectivity index (χ1v) is 11.0. The molecule has 0 amide bonds. The SMILES string of the molecule is CC(C)[Si](c1c(C(C)(C)O)cnc2[nH]ccc12)(C(C)C)C(C)C. The lowest BCUT2D eigenvalue weighted by atomic mass is 9.99. The highest BCUT2D eigenvalue weighted by molar-refractivity contribution is 6.96. The van der Waals surface area contributed by atoms with E-state index >= 15 is 0 Å². The third-order valence-electron chi connectivity index (χ3n) is 5.54. The van der Waals surface area contributed by atoms with Gasteiger partial charge < -0.3 is 10.1 Å². The third kappa shape index (κ3) is 2.76. The van der Waals surface area contributed by atoms with Gasteiger partial charge in [0.1, 0.15) is 5.65 Å². The Bertz CT molecular complexity index is 658. The van der Waals surface area contributed by atoms with Gasteiger partial charge in [0.15, 0.2) is 0 Å². The highest BCUT2D eigenvalue weighted by atomic mass is 28.3. The van der Waals surface area contributed by atoms with E-state index in [-0.39, 0.29) is 0 Å². The molecule has 0 aliphatic rings. The molecule has 2 N–H and O–H groups in total. The van der Waals surface area contributed by atoms with Gasteiger partial charge in [0.05, 0.1) is 13.7 Å². The van der Waals surface area contributed by atoms with Crippen LogP contribution in [0.1, 0.15) is 61.0 Å². The molecule has 0 atom stereocenters. The number of rotatable bonds is 5. The van der Waals surface area contributed by atoms with Crippen molar-refractivity contribution in [1.29, 1.82) is 0 Å². The van der Waals surface area contributed by atoms with Gasteiger partial charge in [-0.05, 0) is 41.7 Å². The van der Waals surface area contributed by atoms with Gasteiger partial charge >= 0.3 is 0 Å². The van der Waals surface area contributed by atoms with Gasteiger partial charge in [-0.1, -0.05) is 41.5 Å². The second kappa shape index (κ2) is 6.06. The summed E-state index contributed by atoms with van der Waals surface area (Å²) in [4.78, 5) is 7.82. The van der Waals surface area contributed by atoms with Gasteiger partial charge in [-0.15, -0.1) is 0 Å². The summed E-state index contributed by atoms with van der Waals surface area (Å²) in [5, 5.41) is 13.4. The zero-order valence-corrected chi connectivity index (χ0v) is 16.9. The first kappa shape index (κ1) is 18.2. The zero-order valence-electron chi connectivity index (χ0n) is 15.9. The predicted octanol–water partition coefficient (Wildman–Crippen LogP) is 4.68. The average molecular weight is 333 g/mol. The van der Waals surface area contributed by atoms with Gasteiger partial charge in [-0.3, -0.25) is 0 Å². The Hall–Kier alpha value is -1.13. The lowest BCUT2D eigenvalue weighted by Gasteiger charge is -2.46. The van der Waals surface area contributed by atoms with E-state index in [1.54, 1.807) is 0 Å². The van der Waals surface area contributed by atoms with Gasteiger partial charge in [0, 0.05) is 23.3 Å². The Labute approximate surface area is 141 Å². The Morgan fingerprint density at radius 3 is 2.00 bits per heavy atom. The summed E-state index contributed by atoms with van der Waals surface area (Å²) in [5.74, 6) is 0. The Morgan fingerprint density at radius 2 is 1.57 bits per heavy atom. The van der Waals surface area contributed by atoms with Crippen LogP contribution < -0.4 is 5.19 Å². The van der Waals surface area contributed by atoms with Crippen LogP contribution in [-0.4, -0.2) is 23.1 Å². The smallest absolute Gasteiger partial charge is 0.137 e. The van der Waals surface area contributed by atoms with E-state index in [4.69, 9.17) is 0 Å². The molecule has 0 bridgehead atoms. The molecule has 2 aromatic rings. The molecule has 0 aliphatic carbocycles. The maximum Gasteiger partial charge on any atom is 0.137 e. The molecule has 0 aliphatic heterocycles. The maximum absolute atomic E-state index is 10.8. The van der Waals surface area contributed by atoms with Crippen LogP contribution in [0.25, 0.3) is 11.0 Å². The lowest BCUT2D eigenvalue weighted by Crippen LogP contribution is -2.58. The molecular formula is C19H32N2OSi. The van der Waals surface area contributed by atoms with Gasteiger partial charge in [-0.2, -0.15) is 0 Å². The normalized spacial score (nSPS) is 13.7. The number of fused-ring (bicyclic) bond motifs is 1. The summed E-state index contributed by atoms with van der Waals surface area (Å²) in [6.45, 7) is 17.9. The van der Waals surface area contributed by atoms with E-state index in [9.17, 15) is 5.11 Å². The van der Waals surface area contributed by atoms with E-state index in [0.29, 0.717) is 16.6 Å². The number of hydrogen-bond acceptors (Lipinski definition) is 2. The quantitative estimate of drug-likeness (QED) is 0.781. The summed E-state index contributed by atoms with van der Waals surface area (Å²) >= 11 is 0. The number of pyridine rings is 1. The summed E-state index contributed by atoms with van der Waals surface area (Å²) in [7, 11) is -1.91. The largest absolute Gasteiger partial charge is 0.386 e. The van der Waals surface area contributed by atoms with Crippen LogP contribution in [-0.2, 0) is 5.60 Å². The average Bonchev–Trinajstić information content (AvgIpc) is 2.85. The predicted molar refractivity (Wildman–Crippen MR) is 102 cm³/mol. The Balaban J connectivity index is 2.99. The van der Waals surface area contributed by atoms with Crippen molar-refractivity contribution in [1.82, 2.24) is 9.97 Å². The summed E-state index contributed by atoms with van der Waals surface area (Å²) < 4.78 is 0. The number of hydrogen-bond donors (Lipinski definition) is 2. The lowest BCUT2D eigenvalue weighted by molar-refractivity contribution is 0.0793. The van der Waals surface area contributed by atoms with E-state index < -0.39 is 13.7 Å². The first-order chi connectivity index (χ1) is 10.5. The third-order valence-corrected chi connectivity index (χ3v) is 12.7. The fourth-order valence-corrected chi connectivity index (χ4v) is 12.0. The Morgan fingerprint density at radius 1 is 1.04 bits per heavy atom. The number of nitrogens with zero attached hydrogens (tertiary/aromatic N) is 1. The molecule has 0 saturated heterocycles. The van der Waals surface area contributed by atoms with Crippen LogP contribution in [0.5, 0.6) is 0 Å². The molecule has 0 saturated carbocycles. The van der Waals surface area contributed by atoms with Crippen molar-refractivity contribution in [2.75, 3.05) is 0 Å². The molecule has 128 valence electrons. The van der Waals surface area contributed by atoms with Crippen molar-refractivity contribution < 1.29 is 5.11 Å². The van der Waals surface area contributed by atoms with Gasteiger partial charge in [0.2, 0.25) is 0 Å². The minimum atomic E-state index is -1.91. The van der Waals surface area contributed by atoms with E-state index in [0.717, 1.165) is 11.2 Å². The molecular weight excluding hydrogens is 300 g/mol. The van der Waals surface area contributed by atoms with Crippen LogP contribution in [0.15, 0.2) is 18.5 Å². The van der Waals surface area contributed by atoms with Crippen LogP contribution in [0.3, 0.4) is 0 Å². The molecule has 0 spiro atoms. The minimum Gasteiger partial charge on any atom is -0.386 e. The highest BCUT2D eigenvalue weighted by Crippen LogP contribution is 2.43. The maximum atomic E-state index is 10.8. The second-order valence-electron chi connectivity index (χ2n) is 8.24. The van der Waals surface area contributed by atoms with E-state index in [2.05, 4.69) is 57.6 Å². The molecule has 2 heterocycles. The number of aliphatic hydroxyl groups is 1. The second-order valence-corrected chi connectivity index (χ2v) is 14.1. The monoisotopic (exact) mass is 332 g/mol. The fraction of sp³-hybridized carbons (Fsp3) is 0.632.